The Morgan fingerprint density at radius 3 is 2.70 bits per heavy atom. The van der Waals surface area contributed by atoms with Crippen molar-refractivity contribution in [2.75, 3.05) is 0 Å². The Kier molecular flexibility index (Phi) is 2.86. The first kappa shape index (κ1) is 12.1. The molecule has 1 aromatic carbocycles. The van der Waals surface area contributed by atoms with Crippen LogP contribution in [0.5, 0.6) is 0 Å². The number of nitrogens with one attached hydrogen (secondary N) is 1. The van der Waals surface area contributed by atoms with Gasteiger partial charge in [-0.1, -0.05) is 30.3 Å². The van der Waals surface area contributed by atoms with E-state index in [4.69, 9.17) is 0 Å². The van der Waals surface area contributed by atoms with Gasteiger partial charge in [0.1, 0.15) is 0 Å². The molecule has 3 saturated carbocycles. The van der Waals surface area contributed by atoms with Gasteiger partial charge in [-0.05, 0) is 55.4 Å². The van der Waals surface area contributed by atoms with Crippen molar-refractivity contribution in [1.29, 1.82) is 0 Å². The van der Waals surface area contributed by atoms with Gasteiger partial charge in [-0.15, -0.1) is 0 Å². The van der Waals surface area contributed by atoms with Gasteiger partial charge in [-0.25, -0.2) is 5.43 Å². The lowest BCUT2D eigenvalue weighted by atomic mass is 9.99. The van der Waals surface area contributed by atoms with Crippen LogP contribution in [0.25, 0.3) is 0 Å². The number of amides is 1. The van der Waals surface area contributed by atoms with E-state index in [0.717, 1.165) is 18.8 Å². The van der Waals surface area contributed by atoms with E-state index in [1.54, 1.807) is 0 Å². The predicted molar refractivity (Wildman–Crippen MR) is 78.3 cm³/mol. The lowest BCUT2D eigenvalue weighted by molar-refractivity contribution is -0.122. The largest absolute Gasteiger partial charge is 0.273 e. The average Bonchev–Trinajstić information content (AvgIpc) is 3.03. The molecule has 1 amide bonds. The number of hydrogen-bond donors (Lipinski definition) is 1. The van der Waals surface area contributed by atoms with Gasteiger partial charge in [-0.3, -0.25) is 4.79 Å². The molecule has 0 saturated heterocycles. The highest BCUT2D eigenvalue weighted by atomic mass is 16.2. The molecule has 0 heterocycles. The number of hydrogen-bond acceptors (Lipinski definition) is 2. The van der Waals surface area contributed by atoms with E-state index in [2.05, 4.69) is 22.7 Å². The third-order valence-corrected chi connectivity index (χ3v) is 5.17. The molecular weight excluding hydrogens is 248 g/mol. The molecule has 3 aliphatic rings. The molecule has 0 aliphatic heterocycles. The smallest absolute Gasteiger partial charge is 0.243 e. The molecule has 1 aromatic rings. The highest BCUT2D eigenvalue weighted by Gasteiger charge is 2.44. The Balaban J connectivity index is 1.35. The fourth-order valence-electron chi connectivity index (χ4n) is 3.93. The fourth-order valence-corrected chi connectivity index (χ4v) is 3.93. The molecule has 3 aliphatic carbocycles. The van der Waals surface area contributed by atoms with Crippen molar-refractivity contribution in [3.05, 3.63) is 35.9 Å². The molecule has 4 rings (SSSR count). The fraction of sp³-hybridized carbons (Fsp3) is 0.529. The minimum absolute atomic E-state index is 0.106. The molecule has 0 aromatic heterocycles. The van der Waals surface area contributed by atoms with Gasteiger partial charge >= 0.3 is 0 Å². The Morgan fingerprint density at radius 2 is 2.00 bits per heavy atom. The van der Waals surface area contributed by atoms with Gasteiger partial charge < -0.3 is 0 Å². The molecule has 3 nitrogen and oxygen atoms in total. The van der Waals surface area contributed by atoms with Gasteiger partial charge in [0.15, 0.2) is 0 Å². The average molecular weight is 268 g/mol. The monoisotopic (exact) mass is 268 g/mol. The van der Waals surface area contributed by atoms with Gasteiger partial charge in [0.2, 0.25) is 5.91 Å². The van der Waals surface area contributed by atoms with E-state index in [-0.39, 0.29) is 11.8 Å². The zero-order valence-corrected chi connectivity index (χ0v) is 11.6. The summed E-state index contributed by atoms with van der Waals surface area (Å²) in [7, 11) is 0. The molecule has 1 N–H and O–H groups in total. The maximum absolute atomic E-state index is 12.1. The summed E-state index contributed by atoms with van der Waals surface area (Å²) in [6, 6.07) is 10.3. The van der Waals surface area contributed by atoms with E-state index in [0.29, 0.717) is 11.8 Å². The van der Waals surface area contributed by atoms with Crippen LogP contribution >= 0.6 is 0 Å². The minimum atomic E-state index is 0.106. The van der Waals surface area contributed by atoms with Gasteiger partial charge in [0, 0.05) is 11.6 Å². The lowest BCUT2D eigenvalue weighted by Crippen LogP contribution is -2.23. The number of benzene rings is 1. The number of fused-ring (bicyclic) bond motifs is 2. The summed E-state index contributed by atoms with van der Waals surface area (Å²) in [5.74, 6) is 2.13. The second-order valence-corrected chi connectivity index (χ2v) is 6.52. The maximum atomic E-state index is 12.1. The van der Waals surface area contributed by atoms with Crippen LogP contribution in [0.4, 0.5) is 0 Å². The molecule has 0 spiro atoms. The summed E-state index contributed by atoms with van der Waals surface area (Å²) in [5, 5.41) is 4.41. The topological polar surface area (TPSA) is 41.5 Å². The molecule has 3 fully saturated rings. The number of rotatable bonds is 3. The van der Waals surface area contributed by atoms with Gasteiger partial charge in [0.25, 0.3) is 0 Å². The van der Waals surface area contributed by atoms with Crippen LogP contribution in [0.2, 0.25) is 0 Å². The third kappa shape index (κ3) is 2.15. The first-order valence-corrected chi connectivity index (χ1v) is 7.72. The van der Waals surface area contributed by atoms with Crippen molar-refractivity contribution >= 4 is 11.6 Å². The number of carbonyl (C=O) groups is 1. The number of hydrazone groups is 1. The molecular formula is C17H20N2O. The molecule has 4 unspecified atom stereocenters. The van der Waals surface area contributed by atoms with Crippen LogP contribution in [0.3, 0.4) is 0 Å². The normalized spacial score (nSPS) is 36.3. The van der Waals surface area contributed by atoms with Crippen molar-refractivity contribution in [3.63, 3.8) is 0 Å². The third-order valence-electron chi connectivity index (χ3n) is 5.17. The standard InChI is InChI=1S/C17H20N2O/c20-17(15-10-14(15)12-4-2-1-3-5-12)19-18-16-9-11-6-7-13(16)8-11/h1-5,11,13-15H,6-10H2,(H,19,20)/b18-16+. The van der Waals surface area contributed by atoms with Crippen molar-refractivity contribution in [3.8, 4) is 0 Å². The number of carbonyl (C=O) groups excluding carboxylic acids is 1. The molecule has 2 bridgehead atoms. The summed E-state index contributed by atoms with van der Waals surface area (Å²) in [6.07, 6.45) is 6.00. The first-order valence-electron chi connectivity index (χ1n) is 7.72. The van der Waals surface area contributed by atoms with E-state index in [9.17, 15) is 4.79 Å². The zero-order valence-electron chi connectivity index (χ0n) is 11.6. The van der Waals surface area contributed by atoms with Crippen LogP contribution in [0.15, 0.2) is 35.4 Å². The second kappa shape index (κ2) is 4.72. The van der Waals surface area contributed by atoms with E-state index in [1.165, 1.54) is 30.5 Å². The highest BCUT2D eigenvalue weighted by molar-refractivity contribution is 5.91. The van der Waals surface area contributed by atoms with Crippen LogP contribution in [-0.4, -0.2) is 11.6 Å². The SMILES string of the molecule is O=C(N/N=C1\CC2CCC1C2)C1CC1c1ccccc1. The molecule has 20 heavy (non-hydrogen) atoms. The Labute approximate surface area is 119 Å². The molecule has 0 radical (unpaired) electrons. The minimum Gasteiger partial charge on any atom is -0.273 e. The van der Waals surface area contributed by atoms with Crippen molar-refractivity contribution in [1.82, 2.24) is 5.43 Å². The van der Waals surface area contributed by atoms with Gasteiger partial charge in [0.05, 0.1) is 0 Å². The summed E-state index contributed by atoms with van der Waals surface area (Å²) >= 11 is 0. The van der Waals surface area contributed by atoms with E-state index in [1.807, 2.05) is 18.2 Å². The summed E-state index contributed by atoms with van der Waals surface area (Å²) in [5.41, 5.74) is 5.34. The molecule has 4 atom stereocenters. The van der Waals surface area contributed by atoms with Crippen molar-refractivity contribution < 1.29 is 4.79 Å². The summed E-state index contributed by atoms with van der Waals surface area (Å²) in [6.45, 7) is 0. The maximum Gasteiger partial charge on any atom is 0.243 e. The van der Waals surface area contributed by atoms with Crippen LogP contribution in [-0.2, 0) is 4.79 Å². The van der Waals surface area contributed by atoms with Crippen LogP contribution < -0.4 is 5.43 Å². The highest BCUT2D eigenvalue weighted by Crippen LogP contribution is 2.47. The molecule has 104 valence electrons. The lowest BCUT2D eigenvalue weighted by Gasteiger charge is -2.11. The summed E-state index contributed by atoms with van der Waals surface area (Å²) in [4.78, 5) is 12.1. The first-order chi connectivity index (χ1) is 9.81. The zero-order chi connectivity index (χ0) is 13.5. The van der Waals surface area contributed by atoms with Crippen LogP contribution in [0.1, 0.15) is 43.6 Å². The van der Waals surface area contributed by atoms with Crippen molar-refractivity contribution in [2.24, 2.45) is 22.9 Å². The molecule has 3 heteroatoms. The summed E-state index contributed by atoms with van der Waals surface area (Å²) < 4.78 is 0. The van der Waals surface area contributed by atoms with Crippen LogP contribution in [0, 0.1) is 17.8 Å². The second-order valence-electron chi connectivity index (χ2n) is 6.52. The Hall–Kier alpha value is -1.64. The predicted octanol–water partition coefficient (Wildman–Crippen LogP) is 3.08. The Bertz CT molecular complexity index is 551. The van der Waals surface area contributed by atoms with E-state index < -0.39 is 0 Å². The quantitative estimate of drug-likeness (QED) is 0.841. The van der Waals surface area contributed by atoms with Gasteiger partial charge in [-0.2, -0.15) is 5.10 Å². The number of nitrogens with zero attached hydrogens (tertiary/aromatic N) is 1. The van der Waals surface area contributed by atoms with E-state index >= 15 is 0 Å². The van der Waals surface area contributed by atoms with Crippen molar-refractivity contribution in [2.45, 2.75) is 38.0 Å². The Morgan fingerprint density at radius 1 is 1.15 bits per heavy atom.